The molecule has 1 aromatic heterocycles. The van der Waals surface area contributed by atoms with Crippen LogP contribution in [0.4, 0.5) is 13.2 Å². The molecule has 0 N–H and O–H groups in total. The van der Waals surface area contributed by atoms with E-state index in [0.29, 0.717) is 50.1 Å². The Hall–Kier alpha value is -2.39. The van der Waals surface area contributed by atoms with Crippen LogP contribution in [0, 0.1) is 12.8 Å². The molecule has 0 unspecified atom stereocenters. The molecule has 0 spiro atoms. The predicted octanol–water partition coefficient (Wildman–Crippen LogP) is 3.74. The third-order valence-corrected chi connectivity index (χ3v) is 5.98. The number of rotatable bonds is 4. The Morgan fingerprint density at radius 1 is 1.10 bits per heavy atom. The van der Waals surface area contributed by atoms with Crippen molar-refractivity contribution in [3.05, 3.63) is 41.3 Å². The van der Waals surface area contributed by atoms with Crippen LogP contribution < -0.4 is 0 Å². The Labute approximate surface area is 179 Å². The molecule has 2 fully saturated rings. The lowest BCUT2D eigenvalue weighted by molar-refractivity contribution is -0.141. The number of aromatic nitrogens is 1. The average Bonchev–Trinajstić information content (AvgIpc) is 3.14. The van der Waals surface area contributed by atoms with Crippen LogP contribution in [0.15, 0.2) is 28.7 Å². The largest absolute Gasteiger partial charge is 0.441 e. The molecular formula is C22H26F3N3O3. The van der Waals surface area contributed by atoms with Crippen LogP contribution in [0.25, 0.3) is 11.5 Å². The molecule has 6 nitrogen and oxygen atoms in total. The minimum Gasteiger partial charge on any atom is -0.441 e. The van der Waals surface area contributed by atoms with Gasteiger partial charge in [0.1, 0.15) is 5.76 Å². The number of oxazole rings is 1. The number of carbonyl (C=O) groups is 1. The first kappa shape index (κ1) is 21.8. The van der Waals surface area contributed by atoms with Crippen molar-refractivity contribution in [1.29, 1.82) is 0 Å². The van der Waals surface area contributed by atoms with Gasteiger partial charge in [0.15, 0.2) is 0 Å². The van der Waals surface area contributed by atoms with E-state index in [-0.39, 0.29) is 11.8 Å². The summed E-state index contributed by atoms with van der Waals surface area (Å²) in [5, 5.41) is 0. The van der Waals surface area contributed by atoms with Gasteiger partial charge in [-0.1, -0.05) is 0 Å². The lowest BCUT2D eigenvalue weighted by Crippen LogP contribution is -2.46. The molecule has 2 saturated heterocycles. The average molecular weight is 437 g/mol. The zero-order chi connectivity index (χ0) is 22.0. The monoisotopic (exact) mass is 437 g/mol. The lowest BCUT2D eigenvalue weighted by atomic mass is 9.95. The number of hydrogen-bond donors (Lipinski definition) is 0. The van der Waals surface area contributed by atoms with Crippen molar-refractivity contribution in [3.8, 4) is 11.5 Å². The summed E-state index contributed by atoms with van der Waals surface area (Å²) in [6.45, 7) is 6.55. The van der Waals surface area contributed by atoms with E-state index >= 15 is 0 Å². The lowest BCUT2D eigenvalue weighted by Gasteiger charge is -2.35. The van der Waals surface area contributed by atoms with Gasteiger partial charge in [-0.3, -0.25) is 9.69 Å². The maximum atomic E-state index is 12.8. The molecule has 2 aromatic rings. The predicted molar refractivity (Wildman–Crippen MR) is 107 cm³/mol. The summed E-state index contributed by atoms with van der Waals surface area (Å²) in [5.41, 5.74) is 0.583. The van der Waals surface area contributed by atoms with Crippen molar-refractivity contribution in [2.24, 2.45) is 5.92 Å². The van der Waals surface area contributed by atoms with Crippen LogP contribution in [0.5, 0.6) is 0 Å². The van der Waals surface area contributed by atoms with E-state index in [9.17, 15) is 18.0 Å². The molecule has 2 aliphatic heterocycles. The van der Waals surface area contributed by atoms with Crippen molar-refractivity contribution in [1.82, 2.24) is 14.8 Å². The molecule has 168 valence electrons. The van der Waals surface area contributed by atoms with Gasteiger partial charge >= 0.3 is 6.18 Å². The van der Waals surface area contributed by atoms with Crippen molar-refractivity contribution in [2.45, 2.75) is 32.5 Å². The molecule has 0 saturated carbocycles. The van der Waals surface area contributed by atoms with E-state index in [2.05, 4.69) is 9.88 Å². The van der Waals surface area contributed by atoms with Crippen molar-refractivity contribution >= 4 is 5.91 Å². The summed E-state index contributed by atoms with van der Waals surface area (Å²) in [6.07, 6.45) is -2.76. The van der Waals surface area contributed by atoms with E-state index < -0.39 is 11.7 Å². The zero-order valence-electron chi connectivity index (χ0n) is 17.5. The maximum Gasteiger partial charge on any atom is 0.416 e. The second-order valence-electron chi connectivity index (χ2n) is 8.09. The molecule has 0 aliphatic carbocycles. The topological polar surface area (TPSA) is 58.8 Å². The number of alkyl halides is 3. The Kier molecular flexibility index (Phi) is 6.34. The molecule has 0 bridgehead atoms. The summed E-state index contributed by atoms with van der Waals surface area (Å²) in [7, 11) is 0. The minimum atomic E-state index is -4.37. The molecule has 0 atom stereocenters. The minimum absolute atomic E-state index is 0.0514. The summed E-state index contributed by atoms with van der Waals surface area (Å²) >= 11 is 0. The second kappa shape index (κ2) is 9.00. The zero-order valence-corrected chi connectivity index (χ0v) is 17.5. The Morgan fingerprint density at radius 3 is 2.35 bits per heavy atom. The third-order valence-electron chi connectivity index (χ3n) is 5.98. The highest BCUT2D eigenvalue weighted by Crippen LogP contribution is 2.31. The first-order valence-corrected chi connectivity index (χ1v) is 10.5. The number of morpholine rings is 1. The van der Waals surface area contributed by atoms with Gasteiger partial charge in [0, 0.05) is 31.1 Å². The summed E-state index contributed by atoms with van der Waals surface area (Å²) < 4.78 is 49.3. The fraction of sp³-hybridized carbons (Fsp3) is 0.545. The first-order chi connectivity index (χ1) is 14.8. The van der Waals surface area contributed by atoms with Crippen LogP contribution in [0.3, 0.4) is 0 Å². The van der Waals surface area contributed by atoms with Gasteiger partial charge in [-0.25, -0.2) is 4.98 Å². The summed E-state index contributed by atoms with van der Waals surface area (Å²) in [6, 6.07) is 4.82. The van der Waals surface area contributed by atoms with Gasteiger partial charge in [-0.15, -0.1) is 0 Å². The van der Waals surface area contributed by atoms with Crippen LogP contribution in [-0.2, 0) is 22.3 Å². The highest BCUT2D eigenvalue weighted by Gasteiger charge is 2.31. The van der Waals surface area contributed by atoms with Gasteiger partial charge in [-0.05, 0) is 57.1 Å². The van der Waals surface area contributed by atoms with Crippen LogP contribution >= 0.6 is 0 Å². The number of benzene rings is 1. The van der Waals surface area contributed by atoms with Crippen LogP contribution in [0.1, 0.15) is 29.9 Å². The van der Waals surface area contributed by atoms with Gasteiger partial charge in [0.25, 0.3) is 0 Å². The number of hydrogen-bond acceptors (Lipinski definition) is 5. The highest BCUT2D eigenvalue weighted by atomic mass is 19.4. The van der Waals surface area contributed by atoms with Gasteiger partial charge < -0.3 is 14.1 Å². The summed E-state index contributed by atoms with van der Waals surface area (Å²) in [5.74, 6) is 1.25. The van der Waals surface area contributed by atoms with Crippen molar-refractivity contribution < 1.29 is 27.1 Å². The van der Waals surface area contributed by atoms with Crippen molar-refractivity contribution in [2.75, 3.05) is 39.4 Å². The number of likely N-dealkylation sites (tertiary alicyclic amines) is 1. The molecule has 2 aliphatic rings. The number of carbonyl (C=O) groups excluding carboxylic acids is 1. The van der Waals surface area contributed by atoms with E-state index in [4.69, 9.17) is 9.15 Å². The molecule has 1 amide bonds. The van der Waals surface area contributed by atoms with E-state index in [1.807, 2.05) is 11.8 Å². The number of amides is 1. The molecule has 31 heavy (non-hydrogen) atoms. The first-order valence-electron chi connectivity index (χ1n) is 10.5. The maximum absolute atomic E-state index is 12.8. The highest BCUT2D eigenvalue weighted by molar-refractivity contribution is 5.79. The second-order valence-corrected chi connectivity index (χ2v) is 8.09. The number of ether oxygens (including phenoxy) is 1. The quantitative estimate of drug-likeness (QED) is 0.730. The normalized spacial score (nSPS) is 19.0. The number of nitrogens with zero attached hydrogens (tertiary/aromatic N) is 3. The Morgan fingerprint density at radius 2 is 1.74 bits per heavy atom. The fourth-order valence-electron chi connectivity index (χ4n) is 4.09. The molecule has 9 heteroatoms. The van der Waals surface area contributed by atoms with Crippen LogP contribution in [0.2, 0.25) is 0 Å². The Balaban J connectivity index is 1.34. The standard InChI is InChI=1S/C22H26F3N3O3/c1-15-19(26-20(31-15)16-2-4-18(5-3-16)22(23,24)25)14-27-8-6-17(7-9-27)21(29)28-10-12-30-13-11-28/h2-5,17H,6-14H2,1H3. The van der Waals surface area contributed by atoms with E-state index in [1.54, 1.807) is 0 Å². The third kappa shape index (κ3) is 5.10. The molecule has 1 aromatic carbocycles. The smallest absolute Gasteiger partial charge is 0.416 e. The number of aryl methyl sites for hydroxylation is 1. The SMILES string of the molecule is Cc1oc(-c2ccc(C(F)(F)F)cc2)nc1CN1CCC(C(=O)N2CCOCC2)CC1. The number of piperidine rings is 1. The molecule has 4 rings (SSSR count). The number of halogens is 3. The van der Waals surface area contributed by atoms with Crippen LogP contribution in [-0.4, -0.2) is 60.1 Å². The van der Waals surface area contributed by atoms with Gasteiger partial charge in [-0.2, -0.15) is 13.2 Å². The van der Waals surface area contributed by atoms with E-state index in [0.717, 1.165) is 43.8 Å². The van der Waals surface area contributed by atoms with E-state index in [1.165, 1.54) is 12.1 Å². The molecule has 0 radical (unpaired) electrons. The van der Waals surface area contributed by atoms with Gasteiger partial charge in [0.2, 0.25) is 11.8 Å². The molecular weight excluding hydrogens is 411 g/mol. The van der Waals surface area contributed by atoms with Gasteiger partial charge in [0.05, 0.1) is 24.5 Å². The Bertz CT molecular complexity index is 897. The van der Waals surface area contributed by atoms with Crippen molar-refractivity contribution in [3.63, 3.8) is 0 Å². The summed E-state index contributed by atoms with van der Waals surface area (Å²) in [4.78, 5) is 21.3. The fourth-order valence-corrected chi connectivity index (χ4v) is 4.09. The molecule has 3 heterocycles.